The van der Waals surface area contributed by atoms with Crippen LogP contribution in [0.15, 0.2) is 79.1 Å². The molecule has 1 aromatic heterocycles. The van der Waals surface area contributed by atoms with E-state index in [1.165, 1.54) is 25.2 Å². The number of H-pyrrole nitrogens is 1. The van der Waals surface area contributed by atoms with Crippen molar-refractivity contribution in [1.29, 1.82) is 0 Å². The van der Waals surface area contributed by atoms with Gasteiger partial charge in [-0.25, -0.2) is 19.0 Å². The maximum absolute atomic E-state index is 15.0. The number of anilines is 1. The standard InChI is InChI=1S/C37H36Cl2FN3O6/c1-46-32-12-11-26(17-34(32)47-2)33(18-27-28(38)19-41-20-29(27)39)48-36(44)25-9-7-23(8-10-25)21-43(31-6-4-3-5-30(31)40)37(45)49-35-22-42-15-13-24(35)14-16-42/h3-12,17,19-20,24,33,35H,13-16,18,21-22H2,1-2H3/p+1/t33-,35-/m0/s1. The Morgan fingerprint density at radius 1 is 0.959 bits per heavy atom. The quantitative estimate of drug-likeness (QED) is 0.151. The molecule has 0 radical (unpaired) electrons. The minimum atomic E-state index is -0.790. The molecule has 3 saturated heterocycles. The molecule has 4 aromatic rings. The predicted octanol–water partition coefficient (Wildman–Crippen LogP) is 7.34. The van der Waals surface area contributed by atoms with Gasteiger partial charge in [0.15, 0.2) is 23.9 Å². The molecule has 0 saturated carbocycles. The highest BCUT2D eigenvalue weighted by molar-refractivity contribution is 6.35. The molecule has 0 unspecified atom stereocenters. The van der Waals surface area contributed by atoms with Crippen molar-refractivity contribution >= 4 is 41.0 Å². The highest BCUT2D eigenvalue weighted by Crippen LogP contribution is 2.36. The smallest absolute Gasteiger partial charge is 0.415 e. The highest BCUT2D eigenvalue weighted by Gasteiger charge is 2.37. The summed E-state index contributed by atoms with van der Waals surface area (Å²) in [5, 5.41) is 0.787. The zero-order valence-corrected chi connectivity index (χ0v) is 28.7. The van der Waals surface area contributed by atoms with Crippen LogP contribution in [0.25, 0.3) is 0 Å². The fourth-order valence-electron chi connectivity index (χ4n) is 6.42. The molecule has 3 fully saturated rings. The fourth-order valence-corrected chi connectivity index (χ4v) is 6.95. The van der Waals surface area contributed by atoms with E-state index in [0.717, 1.165) is 25.9 Å². The second-order valence-electron chi connectivity index (χ2n) is 12.1. The number of hydrogen-bond acceptors (Lipinski definition) is 7. The van der Waals surface area contributed by atoms with Crippen LogP contribution in [0.3, 0.4) is 0 Å². The Labute approximate surface area is 294 Å². The van der Waals surface area contributed by atoms with Crippen LogP contribution in [0.1, 0.15) is 46.0 Å². The second-order valence-corrected chi connectivity index (χ2v) is 13.0. The van der Waals surface area contributed by atoms with Crippen LogP contribution in [0.4, 0.5) is 14.9 Å². The summed E-state index contributed by atoms with van der Waals surface area (Å²) in [4.78, 5) is 33.6. The monoisotopic (exact) mass is 708 g/mol. The lowest BCUT2D eigenvalue weighted by atomic mass is 9.86. The summed E-state index contributed by atoms with van der Waals surface area (Å²) in [6.45, 7) is 2.73. The van der Waals surface area contributed by atoms with Crippen molar-refractivity contribution in [1.82, 2.24) is 4.90 Å². The number of halogens is 3. The van der Waals surface area contributed by atoms with E-state index in [2.05, 4.69) is 9.88 Å². The minimum Gasteiger partial charge on any atom is -0.493 e. The second kappa shape index (κ2) is 15.4. The normalized spacial score (nSPS) is 18.8. The number of carbonyl (C=O) groups is 2. The molecule has 7 rings (SSSR count). The average Bonchev–Trinajstić information content (AvgIpc) is 3.12. The minimum absolute atomic E-state index is 0.0342. The first-order valence-corrected chi connectivity index (χ1v) is 16.8. The largest absolute Gasteiger partial charge is 0.493 e. The number of amides is 1. The van der Waals surface area contributed by atoms with E-state index >= 15 is 4.39 Å². The van der Waals surface area contributed by atoms with Crippen LogP contribution in [-0.2, 0) is 22.4 Å². The number of nitrogens with zero attached hydrogens (tertiary/aromatic N) is 2. The Morgan fingerprint density at radius 3 is 2.29 bits per heavy atom. The van der Waals surface area contributed by atoms with Gasteiger partial charge in [0.2, 0.25) is 0 Å². The van der Waals surface area contributed by atoms with Crippen LogP contribution in [0.2, 0.25) is 10.0 Å². The molecule has 1 N–H and O–H groups in total. The number of ether oxygens (including phenoxy) is 4. The van der Waals surface area contributed by atoms with Crippen molar-refractivity contribution in [3.63, 3.8) is 0 Å². The van der Waals surface area contributed by atoms with E-state index in [4.69, 9.17) is 42.1 Å². The maximum atomic E-state index is 15.0. The number of pyridine rings is 1. The van der Waals surface area contributed by atoms with Crippen molar-refractivity contribution in [2.24, 2.45) is 5.92 Å². The SMILES string of the molecule is COc1ccc([C@H](Cc2c(Cl)c[nH+]cc2Cl)OC(=O)c2ccc(CN(C(=O)O[C@H]3CN4CCC3CC4)c3ccccc3F)cc2)cc1OC. The fraction of sp³-hybridized carbons (Fsp3) is 0.324. The summed E-state index contributed by atoms with van der Waals surface area (Å²) >= 11 is 12.9. The summed E-state index contributed by atoms with van der Waals surface area (Å²) in [7, 11) is 3.06. The number of fused-ring (bicyclic) bond motifs is 3. The topological polar surface area (TPSA) is 91.7 Å². The van der Waals surface area contributed by atoms with E-state index in [-0.39, 0.29) is 30.3 Å². The van der Waals surface area contributed by atoms with Gasteiger partial charge >= 0.3 is 12.1 Å². The summed E-state index contributed by atoms with van der Waals surface area (Å²) in [6, 6.07) is 18.0. The van der Waals surface area contributed by atoms with Crippen LogP contribution in [0.5, 0.6) is 11.5 Å². The Kier molecular flexibility index (Phi) is 10.9. The Hall–Kier alpha value is -4.38. The van der Waals surface area contributed by atoms with Crippen molar-refractivity contribution in [3.05, 3.63) is 117 Å². The molecule has 0 spiro atoms. The lowest BCUT2D eigenvalue weighted by molar-refractivity contribution is -0.377. The van der Waals surface area contributed by atoms with E-state index in [9.17, 15) is 9.59 Å². The number of aromatic nitrogens is 1. The molecule has 49 heavy (non-hydrogen) atoms. The first-order valence-electron chi connectivity index (χ1n) is 16.0. The van der Waals surface area contributed by atoms with Crippen LogP contribution in [-0.4, -0.2) is 56.9 Å². The van der Waals surface area contributed by atoms with E-state index in [0.29, 0.717) is 50.7 Å². The molecule has 3 aromatic carbocycles. The number of methoxy groups -OCH3 is 2. The molecule has 3 aliphatic rings. The Bertz CT molecular complexity index is 1780. The van der Waals surface area contributed by atoms with Gasteiger partial charge in [-0.2, -0.15) is 0 Å². The molecule has 4 heterocycles. The van der Waals surface area contributed by atoms with E-state index in [1.54, 1.807) is 73.1 Å². The highest BCUT2D eigenvalue weighted by atomic mass is 35.5. The van der Waals surface area contributed by atoms with Crippen LogP contribution >= 0.6 is 23.2 Å². The van der Waals surface area contributed by atoms with Gasteiger partial charge in [0, 0.05) is 18.5 Å². The van der Waals surface area contributed by atoms with Gasteiger partial charge in [-0.3, -0.25) is 9.80 Å². The number of para-hydroxylation sites is 1. The molecule has 256 valence electrons. The lowest BCUT2D eigenvalue weighted by Gasteiger charge is -2.44. The number of carbonyl (C=O) groups excluding carboxylic acids is 2. The number of esters is 1. The summed E-state index contributed by atoms with van der Waals surface area (Å²) in [6.07, 6.45) is 3.71. The third kappa shape index (κ3) is 7.93. The van der Waals surface area contributed by atoms with Crippen molar-refractivity contribution in [3.8, 4) is 11.5 Å². The average molecular weight is 710 g/mol. The third-order valence-corrected chi connectivity index (χ3v) is 9.83. The molecule has 2 atom stereocenters. The number of benzene rings is 3. The molecular formula is C37H37Cl2FN3O6+. The van der Waals surface area contributed by atoms with Gasteiger partial charge in [-0.15, -0.1) is 0 Å². The van der Waals surface area contributed by atoms with Crippen LogP contribution < -0.4 is 19.4 Å². The number of nitrogens with one attached hydrogen (secondary N) is 1. The third-order valence-electron chi connectivity index (χ3n) is 9.16. The maximum Gasteiger partial charge on any atom is 0.415 e. The van der Waals surface area contributed by atoms with Gasteiger partial charge in [0.05, 0.1) is 32.0 Å². The molecular weight excluding hydrogens is 672 g/mol. The number of piperidine rings is 3. The van der Waals surface area contributed by atoms with Gasteiger partial charge < -0.3 is 18.9 Å². The number of aromatic amines is 1. The first-order chi connectivity index (χ1) is 23.7. The molecule has 2 bridgehead atoms. The zero-order valence-electron chi connectivity index (χ0n) is 27.2. The van der Waals surface area contributed by atoms with Gasteiger partial charge in [0.25, 0.3) is 0 Å². The van der Waals surface area contributed by atoms with Gasteiger partial charge in [0.1, 0.15) is 28.1 Å². The summed E-state index contributed by atoms with van der Waals surface area (Å²) in [5.74, 6) is 0.168. The van der Waals surface area contributed by atoms with Crippen molar-refractivity contribution in [2.45, 2.75) is 38.0 Å². The van der Waals surface area contributed by atoms with Crippen molar-refractivity contribution < 1.29 is 37.9 Å². The Morgan fingerprint density at radius 2 is 1.65 bits per heavy atom. The molecule has 3 aliphatic heterocycles. The number of rotatable bonds is 11. The van der Waals surface area contributed by atoms with Gasteiger partial charge in [-0.05, 0) is 79.4 Å². The first kappa shape index (κ1) is 34.5. The zero-order chi connectivity index (χ0) is 34.5. The predicted molar refractivity (Wildman–Crippen MR) is 183 cm³/mol. The van der Waals surface area contributed by atoms with Crippen LogP contribution in [0, 0.1) is 11.7 Å². The van der Waals surface area contributed by atoms with Crippen molar-refractivity contribution in [2.75, 3.05) is 38.8 Å². The van der Waals surface area contributed by atoms with Gasteiger partial charge in [-0.1, -0.05) is 53.5 Å². The number of hydrogen-bond donors (Lipinski definition) is 0. The molecule has 1 amide bonds. The summed E-state index contributed by atoms with van der Waals surface area (Å²) in [5.41, 5.74) is 2.31. The molecule has 9 nitrogen and oxygen atoms in total. The summed E-state index contributed by atoms with van der Waals surface area (Å²) < 4.78 is 37.9. The lowest BCUT2D eigenvalue weighted by Crippen LogP contribution is -2.53. The molecule has 12 heteroatoms. The van der Waals surface area contributed by atoms with E-state index in [1.807, 2.05) is 0 Å². The Balaban J connectivity index is 1.21. The van der Waals surface area contributed by atoms with E-state index < -0.39 is 24.0 Å². The molecule has 0 aliphatic carbocycles.